The average Bonchev–Trinajstić information content (AvgIpc) is 3.24. The summed E-state index contributed by atoms with van der Waals surface area (Å²) in [6.07, 6.45) is 5.39. The molecule has 2 N–H and O–H groups in total. The van der Waals surface area contributed by atoms with Crippen LogP contribution in [0.4, 0.5) is 0 Å². The van der Waals surface area contributed by atoms with E-state index in [1.807, 2.05) is 35.0 Å². The fourth-order valence-electron chi connectivity index (χ4n) is 3.11. The number of aromatic amines is 1. The molecule has 4 aromatic rings. The highest BCUT2D eigenvalue weighted by molar-refractivity contribution is 5.81. The van der Waals surface area contributed by atoms with Crippen molar-refractivity contribution in [1.82, 2.24) is 24.6 Å². The molecule has 2 aromatic carbocycles. The number of nitrogens with zero attached hydrogens (tertiary/aromatic N) is 3. The van der Waals surface area contributed by atoms with Crippen LogP contribution in [0.15, 0.2) is 76.8 Å². The Morgan fingerprint density at radius 3 is 2.45 bits per heavy atom. The van der Waals surface area contributed by atoms with Gasteiger partial charge in [0.05, 0.1) is 17.1 Å². The molecular formula is C21H19N5O3. The Hall–Kier alpha value is -3.94. The molecule has 0 saturated heterocycles. The summed E-state index contributed by atoms with van der Waals surface area (Å²) in [5.41, 5.74) is 1.26. The molecule has 0 aliphatic rings. The van der Waals surface area contributed by atoms with Gasteiger partial charge in [-0.3, -0.25) is 19.5 Å². The first-order valence-corrected chi connectivity index (χ1v) is 9.12. The Morgan fingerprint density at radius 2 is 1.72 bits per heavy atom. The topological polar surface area (TPSA) is 102 Å². The minimum atomic E-state index is -0.404. The minimum Gasteiger partial charge on any atom is -0.350 e. The zero-order valence-corrected chi connectivity index (χ0v) is 15.5. The lowest BCUT2D eigenvalue weighted by atomic mass is 10.1. The molecule has 0 aliphatic heterocycles. The van der Waals surface area contributed by atoms with Gasteiger partial charge < -0.3 is 9.88 Å². The lowest BCUT2D eigenvalue weighted by Gasteiger charge is -2.09. The highest BCUT2D eigenvalue weighted by atomic mass is 16.2. The zero-order valence-electron chi connectivity index (χ0n) is 15.5. The number of carbonyl (C=O) groups excluding carboxylic acids is 1. The summed E-state index contributed by atoms with van der Waals surface area (Å²) in [6, 6.07) is 14.4. The van der Waals surface area contributed by atoms with Crippen molar-refractivity contribution in [2.75, 3.05) is 0 Å². The molecule has 0 aliphatic carbocycles. The Morgan fingerprint density at radius 1 is 1.00 bits per heavy atom. The van der Waals surface area contributed by atoms with Crippen molar-refractivity contribution in [3.63, 3.8) is 0 Å². The number of hydrogen-bond acceptors (Lipinski definition) is 4. The van der Waals surface area contributed by atoms with Crippen LogP contribution in [0.1, 0.15) is 11.1 Å². The van der Waals surface area contributed by atoms with Crippen LogP contribution < -0.4 is 16.4 Å². The summed E-state index contributed by atoms with van der Waals surface area (Å²) in [5.74, 6) is -0.361. The Balaban J connectivity index is 1.39. The molecule has 0 atom stereocenters. The quantitative estimate of drug-likeness (QED) is 0.518. The smallest absolute Gasteiger partial charge is 0.273 e. The summed E-state index contributed by atoms with van der Waals surface area (Å²) in [6.45, 7) is 0.805. The third-order valence-corrected chi connectivity index (χ3v) is 4.62. The molecule has 2 heterocycles. The van der Waals surface area contributed by atoms with Gasteiger partial charge in [0.15, 0.2) is 0 Å². The van der Waals surface area contributed by atoms with Crippen LogP contribution in [0.2, 0.25) is 0 Å². The summed E-state index contributed by atoms with van der Waals surface area (Å²) < 4.78 is 3.01. The number of amides is 1. The second-order valence-electron chi connectivity index (χ2n) is 6.71. The van der Waals surface area contributed by atoms with E-state index >= 15 is 0 Å². The van der Waals surface area contributed by atoms with E-state index in [9.17, 15) is 14.4 Å². The summed E-state index contributed by atoms with van der Waals surface area (Å²) >= 11 is 0. The standard InChI is InChI=1S/C21H19N5O3/c27-19(13-26-21(29)18-4-2-1-3-17(18)20(28)24-26)23-11-15-5-7-16(8-6-15)12-25-10-9-22-14-25/h1-10,14H,11-13H2,(H,23,27)(H,24,28). The van der Waals surface area contributed by atoms with Crippen molar-refractivity contribution < 1.29 is 4.79 Å². The van der Waals surface area contributed by atoms with Crippen molar-refractivity contribution in [3.05, 3.63) is 99.1 Å². The molecule has 0 unspecified atom stereocenters. The van der Waals surface area contributed by atoms with Crippen molar-refractivity contribution in [3.8, 4) is 0 Å². The second kappa shape index (κ2) is 7.97. The molecule has 29 heavy (non-hydrogen) atoms. The van der Waals surface area contributed by atoms with Gasteiger partial charge >= 0.3 is 0 Å². The van der Waals surface area contributed by atoms with Crippen LogP contribution >= 0.6 is 0 Å². The number of nitrogens with one attached hydrogen (secondary N) is 2. The second-order valence-corrected chi connectivity index (χ2v) is 6.71. The molecule has 146 valence electrons. The third-order valence-electron chi connectivity index (χ3n) is 4.62. The van der Waals surface area contributed by atoms with Crippen molar-refractivity contribution in [2.24, 2.45) is 0 Å². The molecule has 0 spiro atoms. The van der Waals surface area contributed by atoms with Crippen LogP contribution in [0.5, 0.6) is 0 Å². The Labute approximate surface area is 165 Å². The molecule has 0 fully saturated rings. The molecular weight excluding hydrogens is 370 g/mol. The minimum absolute atomic E-state index is 0.252. The number of H-pyrrole nitrogens is 1. The van der Waals surface area contributed by atoms with Gasteiger partial charge in [0.2, 0.25) is 5.91 Å². The van der Waals surface area contributed by atoms with Gasteiger partial charge in [-0.1, -0.05) is 36.4 Å². The number of benzene rings is 2. The van der Waals surface area contributed by atoms with Crippen LogP contribution in [-0.4, -0.2) is 25.2 Å². The molecule has 2 aromatic heterocycles. The number of fused-ring (bicyclic) bond motifs is 1. The predicted molar refractivity (Wildman–Crippen MR) is 108 cm³/mol. The first-order chi connectivity index (χ1) is 14.1. The van der Waals surface area contributed by atoms with Crippen LogP contribution in [0, 0.1) is 0 Å². The number of hydrogen-bond donors (Lipinski definition) is 2. The lowest BCUT2D eigenvalue weighted by Crippen LogP contribution is -2.36. The highest BCUT2D eigenvalue weighted by Gasteiger charge is 2.10. The number of aromatic nitrogens is 4. The SMILES string of the molecule is O=C(Cn1[nH]c(=O)c2ccccc2c1=O)NCc1ccc(Cn2ccnc2)cc1. The maximum atomic E-state index is 12.5. The van der Waals surface area contributed by atoms with Gasteiger partial charge in [-0.15, -0.1) is 0 Å². The fraction of sp³-hybridized carbons (Fsp3) is 0.143. The summed E-state index contributed by atoms with van der Waals surface area (Å²) in [7, 11) is 0. The number of carbonyl (C=O) groups is 1. The number of imidazole rings is 1. The van der Waals surface area contributed by atoms with Crippen LogP contribution in [0.3, 0.4) is 0 Å². The van der Waals surface area contributed by atoms with Gasteiger partial charge in [-0.25, -0.2) is 9.67 Å². The van der Waals surface area contributed by atoms with Crippen molar-refractivity contribution >= 4 is 16.7 Å². The van der Waals surface area contributed by atoms with Crippen LogP contribution in [0.25, 0.3) is 10.8 Å². The van der Waals surface area contributed by atoms with Gasteiger partial charge in [0.25, 0.3) is 11.1 Å². The fourth-order valence-corrected chi connectivity index (χ4v) is 3.11. The van der Waals surface area contributed by atoms with Crippen molar-refractivity contribution in [1.29, 1.82) is 0 Å². The van der Waals surface area contributed by atoms with Gasteiger partial charge in [0, 0.05) is 25.5 Å². The largest absolute Gasteiger partial charge is 0.350 e. The van der Waals surface area contributed by atoms with E-state index in [1.165, 1.54) is 0 Å². The Kier molecular flexibility index (Phi) is 5.07. The maximum absolute atomic E-state index is 12.5. The number of rotatable bonds is 6. The predicted octanol–water partition coefficient (Wildman–Crippen LogP) is 1.25. The van der Waals surface area contributed by atoms with Gasteiger partial charge in [0.1, 0.15) is 6.54 Å². The summed E-state index contributed by atoms with van der Waals surface area (Å²) in [4.78, 5) is 40.8. The summed E-state index contributed by atoms with van der Waals surface area (Å²) in [5, 5.41) is 5.83. The molecule has 4 rings (SSSR count). The van der Waals surface area contributed by atoms with E-state index < -0.39 is 11.1 Å². The van der Waals surface area contributed by atoms with Gasteiger partial charge in [-0.05, 0) is 23.3 Å². The van der Waals surface area contributed by atoms with Crippen LogP contribution in [-0.2, 0) is 24.4 Å². The van der Waals surface area contributed by atoms with E-state index in [0.29, 0.717) is 11.9 Å². The van der Waals surface area contributed by atoms with E-state index in [-0.39, 0.29) is 17.8 Å². The zero-order chi connectivity index (χ0) is 20.2. The Bertz CT molecular complexity index is 1250. The van der Waals surface area contributed by atoms with E-state index in [2.05, 4.69) is 15.4 Å². The average molecular weight is 389 g/mol. The molecule has 0 radical (unpaired) electrons. The molecule has 8 nitrogen and oxygen atoms in total. The lowest BCUT2D eigenvalue weighted by molar-refractivity contribution is -0.122. The maximum Gasteiger partial charge on any atom is 0.273 e. The first kappa shape index (κ1) is 18.4. The first-order valence-electron chi connectivity index (χ1n) is 9.12. The molecule has 0 bridgehead atoms. The molecule has 1 amide bonds. The molecule has 8 heteroatoms. The van der Waals surface area contributed by atoms with E-state index in [1.54, 1.807) is 36.8 Å². The third kappa shape index (κ3) is 4.16. The van der Waals surface area contributed by atoms with Crippen molar-refractivity contribution in [2.45, 2.75) is 19.6 Å². The van der Waals surface area contributed by atoms with E-state index in [4.69, 9.17) is 0 Å². The van der Waals surface area contributed by atoms with Gasteiger partial charge in [-0.2, -0.15) is 0 Å². The van der Waals surface area contributed by atoms with E-state index in [0.717, 1.165) is 22.4 Å². The normalized spacial score (nSPS) is 10.9. The molecule has 0 saturated carbocycles. The highest BCUT2D eigenvalue weighted by Crippen LogP contribution is 2.06. The monoisotopic (exact) mass is 389 g/mol.